The summed E-state index contributed by atoms with van der Waals surface area (Å²) >= 11 is 0. The minimum atomic E-state index is -2.58. The van der Waals surface area contributed by atoms with E-state index in [0.29, 0.717) is 25.0 Å². The first kappa shape index (κ1) is 19.2. The van der Waals surface area contributed by atoms with Crippen LogP contribution in [-0.4, -0.2) is 24.8 Å². The van der Waals surface area contributed by atoms with Crippen LogP contribution in [0.2, 0.25) is 0 Å². The van der Waals surface area contributed by atoms with Crippen molar-refractivity contribution in [3.63, 3.8) is 0 Å². The Morgan fingerprint density at radius 3 is 2.74 bits per heavy atom. The van der Waals surface area contributed by atoms with Crippen LogP contribution >= 0.6 is 0 Å². The molecule has 3 rings (SSSR count). The van der Waals surface area contributed by atoms with Crippen LogP contribution in [-0.2, 0) is 9.59 Å². The van der Waals surface area contributed by atoms with Crippen molar-refractivity contribution in [1.82, 2.24) is 5.32 Å². The molecule has 4 nitrogen and oxygen atoms in total. The molecule has 1 aliphatic carbocycles. The normalized spacial score (nSPS) is 25.5. The summed E-state index contributed by atoms with van der Waals surface area (Å²) in [6.07, 6.45) is 1.56. The zero-order chi connectivity index (χ0) is 19.6. The molecule has 1 aromatic carbocycles. The number of anilines is 1. The third kappa shape index (κ3) is 4.07. The Hall–Kier alpha value is -2.57. The molecule has 1 aromatic rings. The van der Waals surface area contributed by atoms with Crippen molar-refractivity contribution in [3.8, 4) is 0 Å². The maximum absolute atomic E-state index is 13.8. The van der Waals surface area contributed by atoms with Crippen molar-refractivity contribution in [2.45, 2.75) is 26.2 Å². The Bertz CT molecular complexity index is 804. The molecule has 27 heavy (non-hydrogen) atoms. The summed E-state index contributed by atoms with van der Waals surface area (Å²) in [6, 6.07) is 5.67. The van der Waals surface area contributed by atoms with Crippen LogP contribution in [0.5, 0.6) is 0 Å². The van der Waals surface area contributed by atoms with Crippen molar-refractivity contribution in [2.24, 2.45) is 17.8 Å². The predicted molar refractivity (Wildman–Crippen MR) is 95.6 cm³/mol. The molecule has 0 bridgehead atoms. The van der Waals surface area contributed by atoms with Crippen molar-refractivity contribution >= 4 is 17.5 Å². The minimum Gasteiger partial charge on any atom is -0.355 e. The molecule has 3 unspecified atom stereocenters. The molecule has 1 saturated heterocycles. The molecule has 1 heterocycles. The van der Waals surface area contributed by atoms with Gasteiger partial charge >= 0.3 is 0 Å². The molecule has 2 aliphatic rings. The number of carbonyl (C=O) groups is 2. The monoisotopic (exact) mass is 378 g/mol. The van der Waals surface area contributed by atoms with Gasteiger partial charge in [0.1, 0.15) is 11.7 Å². The molecular formula is C20H21F3N2O2. The van der Waals surface area contributed by atoms with Crippen molar-refractivity contribution in [1.29, 1.82) is 0 Å². The van der Waals surface area contributed by atoms with Crippen LogP contribution in [0.1, 0.15) is 19.8 Å². The largest absolute Gasteiger partial charge is 0.355 e. The Morgan fingerprint density at radius 2 is 2.04 bits per heavy atom. The van der Waals surface area contributed by atoms with E-state index in [9.17, 15) is 22.8 Å². The summed E-state index contributed by atoms with van der Waals surface area (Å²) in [5.74, 6) is -3.64. The first-order chi connectivity index (χ1) is 12.9. The number of benzene rings is 1. The van der Waals surface area contributed by atoms with Gasteiger partial charge in [0.25, 0.3) is 6.43 Å². The number of para-hydroxylation sites is 1. The molecule has 3 atom stereocenters. The fraction of sp³-hybridized carbons (Fsp3) is 0.400. The Morgan fingerprint density at radius 1 is 1.30 bits per heavy atom. The summed E-state index contributed by atoms with van der Waals surface area (Å²) in [5.41, 5.74) is 0.577. The van der Waals surface area contributed by atoms with Gasteiger partial charge in [-0.3, -0.25) is 9.59 Å². The van der Waals surface area contributed by atoms with Crippen LogP contribution in [0.25, 0.3) is 0 Å². The molecule has 0 radical (unpaired) electrons. The Labute approximate surface area is 155 Å². The Balaban J connectivity index is 1.87. The van der Waals surface area contributed by atoms with Crippen LogP contribution in [0.15, 0.2) is 47.6 Å². The Kier molecular flexibility index (Phi) is 5.68. The van der Waals surface area contributed by atoms with Crippen LogP contribution in [0.3, 0.4) is 0 Å². The molecule has 2 amide bonds. The number of piperidine rings is 1. The van der Waals surface area contributed by atoms with Gasteiger partial charge in [-0.25, -0.2) is 13.2 Å². The lowest BCUT2D eigenvalue weighted by molar-refractivity contribution is -0.136. The maximum Gasteiger partial charge on any atom is 0.260 e. The van der Waals surface area contributed by atoms with Gasteiger partial charge in [-0.05, 0) is 42.0 Å². The quantitative estimate of drug-likeness (QED) is 0.786. The van der Waals surface area contributed by atoms with Gasteiger partial charge in [0.05, 0.1) is 5.69 Å². The van der Waals surface area contributed by atoms with Gasteiger partial charge in [0.15, 0.2) is 0 Å². The third-order valence-corrected chi connectivity index (χ3v) is 5.14. The number of amides is 2. The zero-order valence-corrected chi connectivity index (χ0v) is 14.8. The SMILES string of the molecule is CC1CC=C(C2CCNC(=O)C2C(=O)Nc2ccccc2F)C=C1C(F)F. The number of hydrogen-bond donors (Lipinski definition) is 2. The topological polar surface area (TPSA) is 58.2 Å². The number of carbonyl (C=O) groups excluding carboxylic acids is 2. The van der Waals surface area contributed by atoms with Crippen LogP contribution in [0.4, 0.5) is 18.9 Å². The summed E-state index contributed by atoms with van der Waals surface area (Å²) in [4.78, 5) is 25.1. The van der Waals surface area contributed by atoms with E-state index in [4.69, 9.17) is 0 Å². The van der Waals surface area contributed by atoms with E-state index in [1.807, 2.05) is 6.08 Å². The first-order valence-corrected chi connectivity index (χ1v) is 8.91. The fourth-order valence-corrected chi connectivity index (χ4v) is 3.62. The third-order valence-electron chi connectivity index (χ3n) is 5.14. The highest BCUT2D eigenvalue weighted by molar-refractivity contribution is 6.07. The average molecular weight is 378 g/mol. The molecule has 0 spiro atoms. The van der Waals surface area contributed by atoms with E-state index in [-0.39, 0.29) is 17.2 Å². The summed E-state index contributed by atoms with van der Waals surface area (Å²) < 4.78 is 40.4. The molecule has 1 aliphatic heterocycles. The lowest BCUT2D eigenvalue weighted by Gasteiger charge is -2.33. The second kappa shape index (κ2) is 7.98. The second-order valence-electron chi connectivity index (χ2n) is 6.92. The van der Waals surface area contributed by atoms with E-state index < -0.39 is 35.9 Å². The summed E-state index contributed by atoms with van der Waals surface area (Å²) in [5, 5.41) is 5.09. The van der Waals surface area contributed by atoms with Crippen LogP contribution in [0, 0.1) is 23.6 Å². The molecule has 0 saturated carbocycles. The lowest BCUT2D eigenvalue weighted by atomic mass is 9.75. The van der Waals surface area contributed by atoms with E-state index in [0.717, 1.165) is 0 Å². The molecule has 7 heteroatoms. The van der Waals surface area contributed by atoms with E-state index in [1.165, 1.54) is 24.3 Å². The van der Waals surface area contributed by atoms with Gasteiger partial charge in [-0.1, -0.05) is 31.2 Å². The number of allylic oxidation sites excluding steroid dienone is 4. The van der Waals surface area contributed by atoms with Gasteiger partial charge < -0.3 is 10.6 Å². The summed E-state index contributed by atoms with van der Waals surface area (Å²) in [6.45, 7) is 2.08. The molecular weight excluding hydrogens is 357 g/mol. The lowest BCUT2D eigenvalue weighted by Crippen LogP contribution is -2.48. The van der Waals surface area contributed by atoms with Gasteiger partial charge in [0, 0.05) is 12.5 Å². The highest BCUT2D eigenvalue weighted by Gasteiger charge is 2.40. The van der Waals surface area contributed by atoms with Gasteiger partial charge in [-0.15, -0.1) is 0 Å². The maximum atomic E-state index is 13.8. The minimum absolute atomic E-state index is 0.0188. The highest BCUT2D eigenvalue weighted by atomic mass is 19.3. The van der Waals surface area contributed by atoms with Crippen LogP contribution < -0.4 is 10.6 Å². The van der Waals surface area contributed by atoms with Gasteiger partial charge in [-0.2, -0.15) is 0 Å². The standard InChI is InChI=1S/C20H21F3N2O2/c1-11-6-7-12(10-14(11)18(22)23)13-8-9-24-19(26)17(13)20(27)25-16-5-3-2-4-15(16)21/h2-5,7,10-11,13,17-18H,6,8-9H2,1H3,(H,24,26)(H,25,27). The van der Waals surface area contributed by atoms with Crippen molar-refractivity contribution < 1.29 is 22.8 Å². The highest BCUT2D eigenvalue weighted by Crippen LogP contribution is 2.36. The van der Waals surface area contributed by atoms with E-state index in [2.05, 4.69) is 10.6 Å². The number of alkyl halides is 2. The molecule has 1 fully saturated rings. The molecule has 144 valence electrons. The molecule has 2 N–H and O–H groups in total. The average Bonchev–Trinajstić information content (AvgIpc) is 2.63. The van der Waals surface area contributed by atoms with Crippen molar-refractivity contribution in [3.05, 3.63) is 53.4 Å². The van der Waals surface area contributed by atoms with Crippen molar-refractivity contribution in [2.75, 3.05) is 11.9 Å². The van der Waals surface area contributed by atoms with Gasteiger partial charge in [0.2, 0.25) is 11.8 Å². The predicted octanol–water partition coefficient (Wildman–Crippen LogP) is 3.67. The summed E-state index contributed by atoms with van der Waals surface area (Å²) in [7, 11) is 0. The number of rotatable bonds is 4. The number of hydrogen-bond acceptors (Lipinski definition) is 2. The fourth-order valence-electron chi connectivity index (χ4n) is 3.62. The number of nitrogens with one attached hydrogen (secondary N) is 2. The first-order valence-electron chi connectivity index (χ1n) is 8.91. The number of halogens is 3. The molecule has 0 aromatic heterocycles. The van der Waals surface area contributed by atoms with E-state index >= 15 is 0 Å². The smallest absolute Gasteiger partial charge is 0.260 e. The van der Waals surface area contributed by atoms with E-state index in [1.54, 1.807) is 13.0 Å². The second-order valence-corrected chi connectivity index (χ2v) is 6.92. The zero-order valence-electron chi connectivity index (χ0n) is 14.8.